The van der Waals surface area contributed by atoms with Crippen LogP contribution in [-0.2, 0) is 16.0 Å². The van der Waals surface area contributed by atoms with Gasteiger partial charge in [0.2, 0.25) is 11.2 Å². The van der Waals surface area contributed by atoms with Crippen LogP contribution in [0.1, 0.15) is 36.0 Å². The molecule has 31 heavy (non-hydrogen) atoms. The number of hydrogen-bond donors (Lipinski definition) is 1. The highest BCUT2D eigenvalue weighted by Crippen LogP contribution is 2.33. The van der Waals surface area contributed by atoms with Crippen molar-refractivity contribution in [3.8, 4) is 0 Å². The highest BCUT2D eigenvalue weighted by atomic mass is 35.5. The summed E-state index contributed by atoms with van der Waals surface area (Å²) in [6, 6.07) is 1.98. The first kappa shape index (κ1) is 23.1. The van der Waals surface area contributed by atoms with Gasteiger partial charge in [-0.1, -0.05) is 13.8 Å². The van der Waals surface area contributed by atoms with Gasteiger partial charge in [-0.3, -0.25) is 0 Å². The third-order valence-corrected chi connectivity index (χ3v) is 5.56. The molecule has 9 nitrogen and oxygen atoms in total. The molecule has 3 aromatic heterocycles. The monoisotopic (exact) mass is 464 g/mol. The molecule has 1 fully saturated rings. The number of anilines is 2. The van der Waals surface area contributed by atoms with E-state index in [0.717, 1.165) is 34.0 Å². The fourth-order valence-electron chi connectivity index (χ4n) is 2.92. The van der Waals surface area contributed by atoms with Crippen molar-refractivity contribution in [2.45, 2.75) is 27.3 Å². The standard InChI is InChI=1S/C18H19ClN6O3S.C2H6/c1-2-28-16(26)11-8-20-18(21-9-11)22-10-12-7-13-14(29-12)15(24-17(19)23-13)25-3-5-27-6-4-25;1-2/h7-9H,2-6,10H2,1H3,(H,20,21,22);1-2H3. The largest absolute Gasteiger partial charge is 0.462 e. The van der Waals surface area contributed by atoms with Gasteiger partial charge in [-0.05, 0) is 24.6 Å². The lowest BCUT2D eigenvalue weighted by atomic mass is 10.3. The van der Waals surface area contributed by atoms with Gasteiger partial charge in [-0.25, -0.2) is 19.7 Å². The molecular weight excluding hydrogens is 440 g/mol. The second-order valence-corrected chi connectivity index (χ2v) is 7.69. The summed E-state index contributed by atoms with van der Waals surface area (Å²) >= 11 is 7.74. The van der Waals surface area contributed by atoms with E-state index in [1.165, 1.54) is 12.4 Å². The summed E-state index contributed by atoms with van der Waals surface area (Å²) < 4.78 is 11.3. The van der Waals surface area contributed by atoms with Gasteiger partial charge in [0.1, 0.15) is 0 Å². The quantitative estimate of drug-likeness (QED) is 0.431. The number of nitrogens with one attached hydrogen (secondary N) is 1. The highest BCUT2D eigenvalue weighted by molar-refractivity contribution is 7.19. The van der Waals surface area contributed by atoms with Gasteiger partial charge >= 0.3 is 5.97 Å². The number of halogens is 1. The van der Waals surface area contributed by atoms with E-state index in [0.29, 0.717) is 37.9 Å². The van der Waals surface area contributed by atoms with Crippen LogP contribution in [0.5, 0.6) is 0 Å². The summed E-state index contributed by atoms with van der Waals surface area (Å²) in [5, 5.41) is 3.39. The third kappa shape index (κ3) is 5.78. The van der Waals surface area contributed by atoms with Crippen molar-refractivity contribution in [3.05, 3.63) is 34.2 Å². The average Bonchev–Trinajstić information content (AvgIpc) is 3.22. The molecule has 1 aliphatic heterocycles. The summed E-state index contributed by atoms with van der Waals surface area (Å²) in [7, 11) is 0. The SMILES string of the molecule is CC.CCOC(=O)c1cnc(NCc2cc3nc(Cl)nc(N4CCOCC4)c3s2)nc1. The first-order valence-corrected chi connectivity index (χ1v) is 11.3. The molecule has 0 atom stereocenters. The summed E-state index contributed by atoms with van der Waals surface area (Å²) in [5.74, 6) is 0.831. The van der Waals surface area contributed by atoms with Crippen molar-refractivity contribution >= 4 is 50.9 Å². The summed E-state index contributed by atoms with van der Waals surface area (Å²) in [5.41, 5.74) is 1.13. The minimum Gasteiger partial charge on any atom is -0.462 e. The Bertz CT molecular complexity index is 1010. The van der Waals surface area contributed by atoms with Crippen LogP contribution in [0.3, 0.4) is 0 Å². The van der Waals surface area contributed by atoms with Gasteiger partial charge in [0.05, 0.1) is 42.1 Å². The van der Waals surface area contributed by atoms with Crippen molar-refractivity contribution in [2.75, 3.05) is 43.1 Å². The zero-order valence-corrected chi connectivity index (χ0v) is 19.3. The lowest BCUT2D eigenvalue weighted by Gasteiger charge is -2.28. The Morgan fingerprint density at radius 2 is 1.97 bits per heavy atom. The van der Waals surface area contributed by atoms with Crippen LogP contribution in [0.15, 0.2) is 18.5 Å². The number of nitrogens with zero attached hydrogens (tertiary/aromatic N) is 5. The van der Waals surface area contributed by atoms with Crippen molar-refractivity contribution in [1.29, 1.82) is 0 Å². The molecule has 1 saturated heterocycles. The molecule has 0 bridgehead atoms. The van der Waals surface area contributed by atoms with Crippen LogP contribution in [0.2, 0.25) is 5.28 Å². The summed E-state index contributed by atoms with van der Waals surface area (Å²) in [6.07, 6.45) is 2.89. The number of esters is 1. The molecule has 0 spiro atoms. The van der Waals surface area contributed by atoms with E-state index in [2.05, 4.69) is 30.2 Å². The van der Waals surface area contributed by atoms with Crippen LogP contribution in [-0.4, -0.2) is 58.8 Å². The number of morpholine rings is 1. The molecule has 0 saturated carbocycles. The van der Waals surface area contributed by atoms with E-state index in [1.807, 2.05) is 19.9 Å². The van der Waals surface area contributed by atoms with Crippen LogP contribution >= 0.6 is 22.9 Å². The number of thiophene rings is 1. The molecule has 1 N–H and O–H groups in total. The predicted molar refractivity (Wildman–Crippen MR) is 122 cm³/mol. The maximum Gasteiger partial charge on any atom is 0.341 e. The van der Waals surface area contributed by atoms with Gasteiger partial charge < -0.3 is 19.7 Å². The molecule has 0 amide bonds. The van der Waals surface area contributed by atoms with E-state index in [9.17, 15) is 4.79 Å². The van der Waals surface area contributed by atoms with Gasteiger partial charge in [-0.2, -0.15) is 4.98 Å². The second kappa shape index (κ2) is 11.2. The number of carbonyl (C=O) groups excluding carboxylic acids is 1. The second-order valence-electron chi connectivity index (χ2n) is 6.21. The molecule has 0 unspecified atom stereocenters. The van der Waals surface area contributed by atoms with Gasteiger partial charge in [0.15, 0.2) is 5.82 Å². The molecule has 4 heterocycles. The maximum absolute atomic E-state index is 11.7. The fourth-order valence-corrected chi connectivity index (χ4v) is 4.14. The summed E-state index contributed by atoms with van der Waals surface area (Å²) in [4.78, 5) is 32.0. The Kier molecular flexibility index (Phi) is 8.33. The van der Waals surface area contributed by atoms with Crippen molar-refractivity contribution in [1.82, 2.24) is 19.9 Å². The normalized spacial score (nSPS) is 13.5. The van der Waals surface area contributed by atoms with Crippen LogP contribution in [0.25, 0.3) is 10.2 Å². The Balaban J connectivity index is 0.00000132. The molecule has 4 rings (SSSR count). The number of hydrogen-bond acceptors (Lipinski definition) is 10. The first-order chi connectivity index (χ1) is 15.1. The number of carbonyl (C=O) groups is 1. The van der Waals surface area contributed by atoms with Crippen LogP contribution < -0.4 is 10.2 Å². The first-order valence-electron chi connectivity index (χ1n) is 10.2. The molecule has 1 aliphatic rings. The Morgan fingerprint density at radius 1 is 1.26 bits per heavy atom. The Morgan fingerprint density at radius 3 is 2.65 bits per heavy atom. The van der Waals surface area contributed by atoms with E-state index in [-0.39, 0.29) is 5.28 Å². The lowest BCUT2D eigenvalue weighted by molar-refractivity contribution is 0.0525. The summed E-state index contributed by atoms with van der Waals surface area (Å²) in [6.45, 7) is 9.46. The number of rotatable bonds is 6. The van der Waals surface area contributed by atoms with E-state index >= 15 is 0 Å². The van der Waals surface area contributed by atoms with Crippen molar-refractivity contribution < 1.29 is 14.3 Å². The Hall–Kier alpha value is -2.56. The average molecular weight is 465 g/mol. The van der Waals surface area contributed by atoms with E-state index in [1.54, 1.807) is 18.3 Å². The van der Waals surface area contributed by atoms with Gasteiger partial charge in [0.25, 0.3) is 0 Å². The lowest BCUT2D eigenvalue weighted by Crippen LogP contribution is -2.36. The predicted octanol–water partition coefficient (Wildman–Crippen LogP) is 3.79. The highest BCUT2D eigenvalue weighted by Gasteiger charge is 2.19. The topological polar surface area (TPSA) is 102 Å². The number of fused-ring (bicyclic) bond motifs is 1. The number of ether oxygens (including phenoxy) is 2. The minimum absolute atomic E-state index is 0.231. The maximum atomic E-state index is 11.7. The molecule has 11 heteroatoms. The molecule has 3 aromatic rings. The zero-order chi connectivity index (χ0) is 22.2. The van der Waals surface area contributed by atoms with Crippen molar-refractivity contribution in [3.63, 3.8) is 0 Å². The number of aromatic nitrogens is 4. The minimum atomic E-state index is -0.436. The zero-order valence-electron chi connectivity index (χ0n) is 17.7. The van der Waals surface area contributed by atoms with E-state index < -0.39 is 5.97 Å². The van der Waals surface area contributed by atoms with Crippen LogP contribution in [0.4, 0.5) is 11.8 Å². The smallest absolute Gasteiger partial charge is 0.341 e. The molecule has 166 valence electrons. The van der Waals surface area contributed by atoms with Gasteiger partial charge in [0, 0.05) is 30.4 Å². The Labute approximate surface area is 189 Å². The molecule has 0 aliphatic carbocycles. The third-order valence-electron chi connectivity index (χ3n) is 4.27. The molecular formula is C20H25ClN6O3S. The van der Waals surface area contributed by atoms with Gasteiger partial charge in [-0.15, -0.1) is 11.3 Å². The molecule has 0 radical (unpaired) electrons. The van der Waals surface area contributed by atoms with Crippen molar-refractivity contribution in [2.24, 2.45) is 0 Å². The fraction of sp³-hybridized carbons (Fsp3) is 0.450. The van der Waals surface area contributed by atoms with Crippen LogP contribution in [0, 0.1) is 0 Å². The van der Waals surface area contributed by atoms with E-state index in [4.69, 9.17) is 21.1 Å². The molecule has 0 aromatic carbocycles.